The number of rotatable bonds is 7. The van der Waals surface area contributed by atoms with Gasteiger partial charge in [0.25, 0.3) is 6.43 Å². The topological polar surface area (TPSA) is 81.5 Å². The summed E-state index contributed by atoms with van der Waals surface area (Å²) in [7, 11) is 0. The molecule has 0 aliphatic carbocycles. The molecule has 0 fully saturated rings. The molecule has 4 nitrogen and oxygen atoms in total. The third-order valence-corrected chi connectivity index (χ3v) is 2.85. The first-order valence-electron chi connectivity index (χ1n) is 6.39. The summed E-state index contributed by atoms with van der Waals surface area (Å²) in [5, 5.41) is 0. The Hall–Kier alpha value is -1.82. The molecule has 1 rings (SSSR count). The lowest BCUT2D eigenvalue weighted by Gasteiger charge is -2.15. The maximum absolute atomic E-state index is 12.6. The molecule has 0 saturated heterocycles. The molecule has 1 atom stereocenters. The zero-order valence-corrected chi connectivity index (χ0v) is 11.4. The van der Waals surface area contributed by atoms with E-state index in [0.717, 1.165) is 11.8 Å². The lowest BCUT2D eigenvalue weighted by atomic mass is 9.99. The predicted molar refractivity (Wildman–Crippen MR) is 76.3 cm³/mol. The van der Waals surface area contributed by atoms with Gasteiger partial charge in [-0.15, -0.1) is 0 Å². The van der Waals surface area contributed by atoms with E-state index < -0.39 is 12.5 Å². The summed E-state index contributed by atoms with van der Waals surface area (Å²) in [4.78, 5) is 14.7. The highest BCUT2D eigenvalue weighted by Crippen LogP contribution is 2.19. The number of benzene rings is 1. The van der Waals surface area contributed by atoms with Crippen molar-refractivity contribution in [1.82, 2.24) is 0 Å². The minimum Gasteiger partial charge on any atom is -0.398 e. The van der Waals surface area contributed by atoms with Crippen molar-refractivity contribution in [3.8, 4) is 0 Å². The average Bonchev–Trinajstić information content (AvgIpc) is 2.38. The molecule has 110 valence electrons. The molecule has 1 unspecified atom stereocenters. The van der Waals surface area contributed by atoms with Crippen molar-refractivity contribution in [2.45, 2.75) is 32.2 Å². The van der Waals surface area contributed by atoms with Crippen LogP contribution >= 0.6 is 0 Å². The molecule has 0 aliphatic heterocycles. The highest BCUT2D eigenvalue weighted by molar-refractivity contribution is 6.05. The van der Waals surface area contributed by atoms with Crippen LogP contribution in [0.2, 0.25) is 0 Å². The van der Waals surface area contributed by atoms with E-state index in [4.69, 9.17) is 11.5 Å². The third kappa shape index (κ3) is 4.38. The second-order valence-electron chi connectivity index (χ2n) is 4.42. The molecule has 0 spiro atoms. The second kappa shape index (κ2) is 7.69. The second-order valence-corrected chi connectivity index (χ2v) is 4.42. The quantitative estimate of drug-likeness (QED) is 0.455. The Morgan fingerprint density at radius 3 is 2.65 bits per heavy atom. The standard InChI is InChI=1S/C14H19F2N3O/c1-2-19-13(8-12(18)14(15)16)10-4-3-9(5-6-20)7-11(10)17/h3-4,6-7,12,14H,2,5,8,17-18H2,1H3. The fourth-order valence-electron chi connectivity index (χ4n) is 1.86. The SMILES string of the molecule is CCN=C(CC(N)C(F)F)c1ccc(CC=O)cc1N. The molecule has 20 heavy (non-hydrogen) atoms. The fourth-order valence-corrected chi connectivity index (χ4v) is 1.86. The van der Waals surface area contributed by atoms with Gasteiger partial charge in [0, 0.05) is 36.3 Å². The Morgan fingerprint density at radius 2 is 2.15 bits per heavy atom. The number of aldehydes is 1. The normalized spacial score (nSPS) is 13.6. The lowest BCUT2D eigenvalue weighted by Crippen LogP contribution is -2.32. The Bertz CT molecular complexity index is 489. The molecule has 0 aromatic heterocycles. The van der Waals surface area contributed by atoms with Crippen LogP contribution in [0, 0.1) is 0 Å². The Balaban J connectivity index is 3.03. The van der Waals surface area contributed by atoms with Gasteiger partial charge in [0.1, 0.15) is 6.29 Å². The van der Waals surface area contributed by atoms with E-state index in [1.165, 1.54) is 0 Å². The van der Waals surface area contributed by atoms with E-state index in [1.807, 2.05) is 6.92 Å². The number of carbonyl (C=O) groups is 1. The van der Waals surface area contributed by atoms with E-state index in [0.29, 0.717) is 23.5 Å². The monoisotopic (exact) mass is 283 g/mol. The van der Waals surface area contributed by atoms with Gasteiger partial charge in [-0.05, 0) is 18.6 Å². The maximum atomic E-state index is 12.6. The van der Waals surface area contributed by atoms with Crippen LogP contribution in [0.1, 0.15) is 24.5 Å². The fraction of sp³-hybridized carbons (Fsp3) is 0.429. The number of hydrogen-bond acceptors (Lipinski definition) is 4. The van der Waals surface area contributed by atoms with E-state index in [2.05, 4.69) is 4.99 Å². The van der Waals surface area contributed by atoms with E-state index in [9.17, 15) is 13.6 Å². The highest BCUT2D eigenvalue weighted by atomic mass is 19.3. The number of carbonyl (C=O) groups excluding carboxylic acids is 1. The molecule has 1 aromatic rings. The largest absolute Gasteiger partial charge is 0.398 e. The number of nitrogens with two attached hydrogens (primary N) is 2. The molecule has 0 radical (unpaired) electrons. The number of alkyl halides is 2. The van der Waals surface area contributed by atoms with Crippen molar-refractivity contribution < 1.29 is 13.6 Å². The zero-order chi connectivity index (χ0) is 15.1. The first kappa shape index (κ1) is 16.2. The lowest BCUT2D eigenvalue weighted by molar-refractivity contribution is -0.107. The first-order valence-corrected chi connectivity index (χ1v) is 6.39. The van der Waals surface area contributed by atoms with E-state index in [-0.39, 0.29) is 12.8 Å². The van der Waals surface area contributed by atoms with Gasteiger partial charge in [0.05, 0.1) is 6.04 Å². The van der Waals surface area contributed by atoms with Crippen molar-refractivity contribution in [2.24, 2.45) is 10.7 Å². The number of nitrogen functional groups attached to an aromatic ring is 1. The minimum atomic E-state index is -2.60. The van der Waals surface area contributed by atoms with Crippen LogP contribution in [-0.2, 0) is 11.2 Å². The van der Waals surface area contributed by atoms with Crippen LogP contribution < -0.4 is 11.5 Å². The van der Waals surface area contributed by atoms with Gasteiger partial charge in [-0.25, -0.2) is 8.78 Å². The number of nitrogens with zero attached hydrogens (tertiary/aromatic N) is 1. The van der Waals surface area contributed by atoms with Crippen molar-refractivity contribution in [2.75, 3.05) is 12.3 Å². The Morgan fingerprint density at radius 1 is 1.45 bits per heavy atom. The number of aliphatic imine (C=N–C) groups is 1. The van der Waals surface area contributed by atoms with Crippen LogP contribution in [0.3, 0.4) is 0 Å². The summed E-state index contributed by atoms with van der Waals surface area (Å²) in [6, 6.07) is 3.82. The van der Waals surface area contributed by atoms with E-state index in [1.54, 1.807) is 18.2 Å². The predicted octanol–water partition coefficient (Wildman–Crippen LogP) is 1.80. The van der Waals surface area contributed by atoms with Gasteiger partial charge in [0.2, 0.25) is 0 Å². The highest BCUT2D eigenvalue weighted by Gasteiger charge is 2.19. The number of hydrogen-bond donors (Lipinski definition) is 2. The number of anilines is 1. The summed E-state index contributed by atoms with van der Waals surface area (Å²) >= 11 is 0. The molecule has 0 saturated carbocycles. The van der Waals surface area contributed by atoms with Gasteiger partial charge in [-0.1, -0.05) is 12.1 Å². The molecule has 0 bridgehead atoms. The summed E-state index contributed by atoms with van der Waals surface area (Å²) in [5.74, 6) is 0. The van der Waals surface area contributed by atoms with Crippen LogP contribution in [0.5, 0.6) is 0 Å². The molecule has 0 aliphatic rings. The third-order valence-electron chi connectivity index (χ3n) is 2.85. The molecule has 4 N–H and O–H groups in total. The van der Waals surface area contributed by atoms with Crippen LogP contribution in [0.4, 0.5) is 14.5 Å². The molecule has 0 heterocycles. The molecular weight excluding hydrogens is 264 g/mol. The Kier molecular flexibility index (Phi) is 6.24. The van der Waals surface area contributed by atoms with Crippen LogP contribution in [0.25, 0.3) is 0 Å². The maximum Gasteiger partial charge on any atom is 0.253 e. The summed E-state index contributed by atoms with van der Waals surface area (Å²) in [6.45, 7) is 2.27. The van der Waals surface area contributed by atoms with Gasteiger partial charge in [-0.2, -0.15) is 0 Å². The summed E-state index contributed by atoms with van der Waals surface area (Å²) in [5.41, 5.74) is 13.6. The van der Waals surface area contributed by atoms with Gasteiger partial charge in [0.15, 0.2) is 0 Å². The average molecular weight is 283 g/mol. The van der Waals surface area contributed by atoms with Crippen molar-refractivity contribution in [3.63, 3.8) is 0 Å². The smallest absolute Gasteiger partial charge is 0.253 e. The van der Waals surface area contributed by atoms with Crippen molar-refractivity contribution in [1.29, 1.82) is 0 Å². The number of halogens is 2. The van der Waals surface area contributed by atoms with Crippen molar-refractivity contribution >= 4 is 17.7 Å². The Labute approximate surface area is 116 Å². The van der Waals surface area contributed by atoms with E-state index >= 15 is 0 Å². The van der Waals surface area contributed by atoms with Crippen molar-refractivity contribution in [3.05, 3.63) is 29.3 Å². The molecule has 6 heteroatoms. The summed E-state index contributed by atoms with van der Waals surface area (Å²) < 4.78 is 25.1. The minimum absolute atomic E-state index is 0.0390. The summed E-state index contributed by atoms with van der Waals surface area (Å²) in [6.07, 6.45) is -1.60. The van der Waals surface area contributed by atoms with Crippen LogP contribution in [-0.4, -0.2) is 31.0 Å². The first-order chi connectivity index (χ1) is 9.49. The molecule has 1 aromatic carbocycles. The van der Waals surface area contributed by atoms with Gasteiger partial charge >= 0.3 is 0 Å². The van der Waals surface area contributed by atoms with Gasteiger partial charge < -0.3 is 16.3 Å². The zero-order valence-electron chi connectivity index (χ0n) is 11.4. The molecule has 0 amide bonds. The van der Waals surface area contributed by atoms with Crippen LogP contribution in [0.15, 0.2) is 23.2 Å². The van der Waals surface area contributed by atoms with Gasteiger partial charge in [-0.3, -0.25) is 4.99 Å². The molecular formula is C14H19F2N3O.